The first-order valence-electron chi connectivity index (χ1n) is 11.8. The predicted octanol–water partition coefficient (Wildman–Crippen LogP) is 3.17. The standard InChI is InChI=1S/C25H33N7O2/c1-17-16-33-14-12-32(17)22-15-19(20(28-2)6-9-26)18-8-11-29-25(24(18)31-22)21(7-10-27)30-23-5-3-4-13-34-23/h6-11,15,17,23,26-28,30H,3-5,12-14,16H2,1-2H3/b20-6-,21-7-,26-9?,27-10?. The van der Waals surface area contributed by atoms with Gasteiger partial charge in [-0.3, -0.25) is 4.98 Å². The van der Waals surface area contributed by atoms with E-state index in [4.69, 9.17) is 25.3 Å². The van der Waals surface area contributed by atoms with Gasteiger partial charge in [0.25, 0.3) is 0 Å². The summed E-state index contributed by atoms with van der Waals surface area (Å²) >= 11 is 0. The molecule has 2 aromatic heterocycles. The van der Waals surface area contributed by atoms with Gasteiger partial charge in [0.15, 0.2) is 0 Å². The molecule has 0 aliphatic carbocycles. The minimum Gasteiger partial charge on any atom is -0.388 e. The second kappa shape index (κ2) is 11.2. The van der Waals surface area contributed by atoms with Crippen molar-refractivity contribution in [3.05, 3.63) is 41.7 Å². The molecule has 2 saturated heterocycles. The highest BCUT2D eigenvalue weighted by atomic mass is 16.5. The summed E-state index contributed by atoms with van der Waals surface area (Å²) in [5, 5.41) is 23.0. The molecule has 0 amide bonds. The monoisotopic (exact) mass is 463 g/mol. The molecule has 0 bridgehead atoms. The zero-order valence-corrected chi connectivity index (χ0v) is 19.8. The Bertz CT molecular complexity index is 1090. The molecule has 2 aromatic rings. The Morgan fingerprint density at radius 1 is 1.18 bits per heavy atom. The van der Waals surface area contributed by atoms with Gasteiger partial charge in [0, 0.05) is 55.5 Å². The average Bonchev–Trinajstić information content (AvgIpc) is 2.87. The summed E-state index contributed by atoms with van der Waals surface area (Å²) in [4.78, 5) is 12.0. The van der Waals surface area contributed by atoms with Crippen molar-refractivity contribution in [3.63, 3.8) is 0 Å². The molecular formula is C25H33N7O2. The minimum absolute atomic E-state index is 0.121. The second-order valence-electron chi connectivity index (χ2n) is 8.44. The number of rotatable bonds is 8. The number of nitrogens with zero attached hydrogens (tertiary/aromatic N) is 3. The summed E-state index contributed by atoms with van der Waals surface area (Å²) in [5.74, 6) is 0.835. The predicted molar refractivity (Wildman–Crippen MR) is 136 cm³/mol. The molecule has 34 heavy (non-hydrogen) atoms. The fraction of sp³-hybridized carbons (Fsp3) is 0.440. The van der Waals surface area contributed by atoms with E-state index < -0.39 is 0 Å². The van der Waals surface area contributed by atoms with Crippen molar-refractivity contribution in [2.75, 3.05) is 38.3 Å². The van der Waals surface area contributed by atoms with Crippen LogP contribution < -0.4 is 15.5 Å². The van der Waals surface area contributed by atoms with E-state index in [1.807, 2.05) is 13.1 Å². The van der Waals surface area contributed by atoms with E-state index in [0.717, 1.165) is 60.4 Å². The maximum atomic E-state index is 7.74. The molecule has 180 valence electrons. The summed E-state index contributed by atoms with van der Waals surface area (Å²) in [5.41, 5.74) is 3.88. The van der Waals surface area contributed by atoms with Gasteiger partial charge >= 0.3 is 0 Å². The van der Waals surface area contributed by atoms with Gasteiger partial charge in [-0.1, -0.05) is 0 Å². The molecule has 9 heteroatoms. The van der Waals surface area contributed by atoms with Crippen molar-refractivity contribution in [1.29, 1.82) is 10.8 Å². The highest BCUT2D eigenvalue weighted by Crippen LogP contribution is 2.32. The van der Waals surface area contributed by atoms with Gasteiger partial charge in [-0.25, -0.2) is 4.98 Å². The van der Waals surface area contributed by atoms with Crippen LogP contribution in [0.2, 0.25) is 0 Å². The molecule has 2 aliphatic rings. The van der Waals surface area contributed by atoms with E-state index in [9.17, 15) is 0 Å². The van der Waals surface area contributed by atoms with Crippen molar-refractivity contribution in [2.45, 2.75) is 38.5 Å². The van der Waals surface area contributed by atoms with E-state index in [1.54, 1.807) is 18.3 Å². The van der Waals surface area contributed by atoms with Gasteiger partial charge in [-0.15, -0.1) is 0 Å². The van der Waals surface area contributed by atoms with Crippen LogP contribution in [-0.4, -0.2) is 68.1 Å². The molecule has 9 nitrogen and oxygen atoms in total. The van der Waals surface area contributed by atoms with Crippen LogP contribution in [0.5, 0.6) is 0 Å². The zero-order valence-electron chi connectivity index (χ0n) is 19.8. The van der Waals surface area contributed by atoms with Crippen molar-refractivity contribution in [3.8, 4) is 0 Å². The number of nitrogens with one attached hydrogen (secondary N) is 4. The van der Waals surface area contributed by atoms with Crippen LogP contribution >= 0.6 is 0 Å². The number of anilines is 1. The number of morpholine rings is 1. The van der Waals surface area contributed by atoms with E-state index in [-0.39, 0.29) is 12.3 Å². The van der Waals surface area contributed by atoms with Gasteiger partial charge in [0.1, 0.15) is 23.3 Å². The van der Waals surface area contributed by atoms with Crippen LogP contribution in [0.3, 0.4) is 0 Å². The summed E-state index contributed by atoms with van der Waals surface area (Å²) in [6.45, 7) is 4.89. The number of hydrogen-bond acceptors (Lipinski definition) is 9. The lowest BCUT2D eigenvalue weighted by Crippen LogP contribution is -2.44. The third-order valence-corrected chi connectivity index (χ3v) is 6.19. The van der Waals surface area contributed by atoms with Gasteiger partial charge in [0.05, 0.1) is 25.0 Å². The van der Waals surface area contributed by atoms with Crippen LogP contribution in [0.4, 0.5) is 5.82 Å². The van der Waals surface area contributed by atoms with E-state index in [1.165, 1.54) is 12.4 Å². The molecule has 4 heterocycles. The van der Waals surface area contributed by atoms with E-state index >= 15 is 0 Å². The van der Waals surface area contributed by atoms with Crippen LogP contribution in [0.1, 0.15) is 37.4 Å². The Hall–Kier alpha value is -3.30. The van der Waals surface area contributed by atoms with Gasteiger partial charge in [0.2, 0.25) is 0 Å². The Labute approximate surface area is 200 Å². The number of fused-ring (bicyclic) bond motifs is 1. The number of aromatic nitrogens is 2. The normalized spacial score (nSPS) is 21.9. The number of ether oxygens (including phenoxy) is 2. The molecule has 2 aliphatic heterocycles. The summed E-state index contributed by atoms with van der Waals surface area (Å²) in [6.07, 6.45) is 10.7. The molecular weight excluding hydrogens is 430 g/mol. The Kier molecular flexibility index (Phi) is 7.87. The van der Waals surface area contributed by atoms with Crippen LogP contribution in [0.15, 0.2) is 30.5 Å². The smallest absolute Gasteiger partial charge is 0.130 e. The lowest BCUT2D eigenvalue weighted by Gasteiger charge is -2.35. The molecule has 2 atom stereocenters. The van der Waals surface area contributed by atoms with E-state index in [0.29, 0.717) is 24.6 Å². The molecule has 4 N–H and O–H groups in total. The largest absolute Gasteiger partial charge is 0.388 e. The van der Waals surface area contributed by atoms with Crippen molar-refractivity contribution < 1.29 is 9.47 Å². The highest BCUT2D eigenvalue weighted by Gasteiger charge is 2.24. The quantitative estimate of drug-likeness (QED) is 0.444. The first-order chi connectivity index (χ1) is 16.7. The molecule has 2 unspecified atom stereocenters. The van der Waals surface area contributed by atoms with Gasteiger partial charge in [-0.05, 0) is 50.5 Å². The van der Waals surface area contributed by atoms with Crippen molar-refractivity contribution >= 4 is 40.5 Å². The number of hydrogen-bond donors (Lipinski definition) is 4. The summed E-state index contributed by atoms with van der Waals surface area (Å²) in [7, 11) is 1.85. The van der Waals surface area contributed by atoms with Crippen molar-refractivity contribution in [1.82, 2.24) is 20.6 Å². The van der Waals surface area contributed by atoms with Crippen LogP contribution in [0, 0.1) is 10.8 Å². The van der Waals surface area contributed by atoms with Crippen LogP contribution in [-0.2, 0) is 9.47 Å². The fourth-order valence-corrected chi connectivity index (χ4v) is 4.47. The highest BCUT2D eigenvalue weighted by molar-refractivity contribution is 6.00. The summed E-state index contributed by atoms with van der Waals surface area (Å²) < 4.78 is 11.5. The third-order valence-electron chi connectivity index (χ3n) is 6.19. The first-order valence-corrected chi connectivity index (χ1v) is 11.8. The molecule has 0 spiro atoms. The minimum atomic E-state index is -0.121. The van der Waals surface area contributed by atoms with Crippen molar-refractivity contribution in [2.24, 2.45) is 0 Å². The SMILES string of the molecule is CN/C(=C\C=N)c1cc(N2CCOCC2C)nc2c(/C(=C/C=N)NC3CCCCO3)nccc12. The maximum absolute atomic E-state index is 7.74. The molecule has 2 fully saturated rings. The number of pyridine rings is 2. The number of allylic oxidation sites excluding steroid dienone is 2. The molecule has 0 radical (unpaired) electrons. The average molecular weight is 464 g/mol. The molecule has 0 aromatic carbocycles. The molecule has 0 saturated carbocycles. The fourth-order valence-electron chi connectivity index (χ4n) is 4.47. The Morgan fingerprint density at radius 2 is 2.00 bits per heavy atom. The summed E-state index contributed by atoms with van der Waals surface area (Å²) in [6, 6.07) is 4.20. The van der Waals surface area contributed by atoms with Crippen LogP contribution in [0.25, 0.3) is 22.3 Å². The molecule has 4 rings (SSSR count). The second-order valence-corrected chi connectivity index (χ2v) is 8.44. The van der Waals surface area contributed by atoms with Gasteiger partial charge < -0.3 is 35.8 Å². The van der Waals surface area contributed by atoms with Gasteiger partial charge in [-0.2, -0.15) is 0 Å². The lowest BCUT2D eigenvalue weighted by molar-refractivity contribution is 0.00530. The Morgan fingerprint density at radius 3 is 2.71 bits per heavy atom. The first kappa shape index (κ1) is 23.8. The topological polar surface area (TPSA) is 119 Å². The maximum Gasteiger partial charge on any atom is 0.130 e. The Balaban J connectivity index is 1.89. The van der Waals surface area contributed by atoms with E-state index in [2.05, 4.69) is 33.5 Å². The zero-order chi connectivity index (χ0) is 23.9. The lowest BCUT2D eigenvalue weighted by atomic mass is 10.0. The third kappa shape index (κ3) is 5.10.